The molecule has 0 spiro atoms. The molecule has 4 N–H and O–H groups in total. The number of rotatable bonds is 0. The molecule has 3 aliphatic carbocycles. The second kappa shape index (κ2) is 5.67. The Kier molecular flexibility index (Phi) is 4.15. The van der Waals surface area contributed by atoms with Gasteiger partial charge in [0.1, 0.15) is 6.10 Å². The molecule has 0 aromatic heterocycles. The van der Waals surface area contributed by atoms with E-state index in [1.807, 2.05) is 20.8 Å². The van der Waals surface area contributed by atoms with Gasteiger partial charge in [-0.15, -0.1) is 0 Å². The van der Waals surface area contributed by atoms with E-state index >= 15 is 0 Å². The van der Waals surface area contributed by atoms with Gasteiger partial charge in [-0.2, -0.15) is 0 Å². The molecule has 1 unspecified atom stereocenters. The van der Waals surface area contributed by atoms with Crippen LogP contribution in [-0.4, -0.2) is 62.8 Å². The van der Waals surface area contributed by atoms with E-state index in [4.69, 9.17) is 4.74 Å². The predicted octanol–water partition coefficient (Wildman–Crippen LogP) is 1.20. The number of carbonyl (C=O) groups excluding carboxylic acids is 1. The van der Waals surface area contributed by atoms with Crippen LogP contribution in [0.5, 0.6) is 0 Å². The predicted molar refractivity (Wildman–Crippen MR) is 102 cm³/mol. The minimum Gasteiger partial charge on any atom is -0.392 e. The normalized spacial score (nSPS) is 55.6. The van der Waals surface area contributed by atoms with E-state index in [2.05, 4.69) is 6.92 Å². The van der Waals surface area contributed by atoms with Gasteiger partial charge in [0.15, 0.2) is 5.78 Å². The third-order valence-electron chi connectivity index (χ3n) is 9.31. The minimum atomic E-state index is -1.47. The molecule has 158 valence electrons. The lowest BCUT2D eigenvalue weighted by Gasteiger charge is -2.68. The van der Waals surface area contributed by atoms with E-state index in [0.717, 1.165) is 0 Å². The van der Waals surface area contributed by atoms with Gasteiger partial charge in [0.2, 0.25) is 0 Å². The van der Waals surface area contributed by atoms with Crippen molar-refractivity contribution in [2.75, 3.05) is 6.61 Å². The van der Waals surface area contributed by atoms with Crippen molar-refractivity contribution >= 4 is 5.78 Å². The highest BCUT2D eigenvalue weighted by molar-refractivity contribution is 5.93. The molecule has 3 fully saturated rings. The van der Waals surface area contributed by atoms with Crippen LogP contribution in [0.15, 0.2) is 11.1 Å². The van der Waals surface area contributed by atoms with Gasteiger partial charge in [-0.25, -0.2) is 0 Å². The summed E-state index contributed by atoms with van der Waals surface area (Å²) >= 11 is 0. The van der Waals surface area contributed by atoms with Gasteiger partial charge < -0.3 is 25.2 Å². The SMILES string of the molecule is CC1=C2[C@@H](O)C(=O)[C@@]3(C)C([C@H](C)[C@](O)(C[C@@H]1O)C2(C)C)[C@]1(C)CO[C@@H]1C[C@@H]3O. The van der Waals surface area contributed by atoms with Crippen molar-refractivity contribution in [1.29, 1.82) is 0 Å². The van der Waals surface area contributed by atoms with Crippen molar-refractivity contribution in [3.05, 3.63) is 11.1 Å². The Labute approximate surface area is 166 Å². The van der Waals surface area contributed by atoms with Crippen LogP contribution >= 0.6 is 0 Å². The first-order valence-corrected chi connectivity index (χ1v) is 10.4. The molecule has 1 heterocycles. The largest absolute Gasteiger partial charge is 0.392 e. The standard InChI is InChI=1S/C22H34O6/c1-10-12(23)8-22(27)11(2)17-20(5)9-28-14(20)7-13(24)21(17,6)18(26)16(25)15(10)19(22,3)4/h11-14,16-17,23-25,27H,7-9H2,1-6H3/t11-,12-,13-,14+,16+,17?,20+,21+,22+/m0/s1. The van der Waals surface area contributed by atoms with E-state index in [0.29, 0.717) is 24.2 Å². The number of aliphatic hydroxyl groups excluding tert-OH is 3. The molecule has 0 amide bonds. The molecule has 0 aromatic rings. The fraction of sp³-hybridized carbons (Fsp3) is 0.864. The fourth-order valence-corrected chi connectivity index (χ4v) is 7.46. The Balaban J connectivity index is 2.01. The Bertz CT molecular complexity index is 758. The highest BCUT2D eigenvalue weighted by Crippen LogP contribution is 2.66. The molecule has 6 heteroatoms. The van der Waals surface area contributed by atoms with Crippen molar-refractivity contribution in [2.24, 2.45) is 28.1 Å². The van der Waals surface area contributed by atoms with E-state index in [1.54, 1.807) is 13.8 Å². The molecule has 9 atom stereocenters. The maximum Gasteiger partial charge on any atom is 0.174 e. The smallest absolute Gasteiger partial charge is 0.174 e. The third kappa shape index (κ3) is 2.04. The number of aliphatic hydroxyl groups is 4. The summed E-state index contributed by atoms with van der Waals surface area (Å²) in [6, 6.07) is 0. The molecule has 4 rings (SSSR count). The van der Waals surface area contributed by atoms with E-state index in [-0.39, 0.29) is 23.9 Å². The van der Waals surface area contributed by atoms with Gasteiger partial charge in [-0.05, 0) is 36.8 Å². The topological polar surface area (TPSA) is 107 Å². The van der Waals surface area contributed by atoms with Crippen LogP contribution in [0.1, 0.15) is 54.4 Å². The van der Waals surface area contributed by atoms with Crippen molar-refractivity contribution < 1.29 is 30.0 Å². The van der Waals surface area contributed by atoms with E-state index < -0.39 is 46.4 Å². The zero-order valence-corrected chi connectivity index (χ0v) is 17.7. The highest BCUT2D eigenvalue weighted by Gasteiger charge is 2.72. The van der Waals surface area contributed by atoms with Gasteiger partial charge >= 0.3 is 0 Å². The Morgan fingerprint density at radius 1 is 1.11 bits per heavy atom. The van der Waals surface area contributed by atoms with E-state index in [1.165, 1.54) is 0 Å². The van der Waals surface area contributed by atoms with E-state index in [9.17, 15) is 25.2 Å². The number of fused-ring (bicyclic) bond motifs is 5. The number of ether oxygens (including phenoxy) is 1. The molecule has 4 aliphatic rings. The lowest BCUT2D eigenvalue weighted by Crippen LogP contribution is -2.75. The van der Waals surface area contributed by atoms with Gasteiger partial charge in [0.05, 0.1) is 35.9 Å². The summed E-state index contributed by atoms with van der Waals surface area (Å²) in [5.74, 6) is -1.20. The molecular weight excluding hydrogens is 360 g/mol. The Morgan fingerprint density at radius 2 is 1.71 bits per heavy atom. The fourth-order valence-electron chi connectivity index (χ4n) is 7.46. The van der Waals surface area contributed by atoms with Crippen LogP contribution < -0.4 is 0 Å². The zero-order chi connectivity index (χ0) is 21.0. The van der Waals surface area contributed by atoms with Crippen LogP contribution in [0.2, 0.25) is 0 Å². The van der Waals surface area contributed by atoms with Gasteiger partial charge in [-0.3, -0.25) is 4.79 Å². The maximum atomic E-state index is 13.7. The van der Waals surface area contributed by atoms with Crippen LogP contribution in [0.4, 0.5) is 0 Å². The van der Waals surface area contributed by atoms with Crippen molar-refractivity contribution in [3.8, 4) is 0 Å². The van der Waals surface area contributed by atoms with Crippen LogP contribution in [0.3, 0.4) is 0 Å². The number of ketones is 1. The number of hydrogen-bond acceptors (Lipinski definition) is 6. The first kappa shape index (κ1) is 20.5. The van der Waals surface area contributed by atoms with Crippen molar-refractivity contribution in [3.63, 3.8) is 0 Å². The molecule has 1 saturated heterocycles. The van der Waals surface area contributed by atoms with Gasteiger partial charge in [0.25, 0.3) is 0 Å². The molecule has 2 saturated carbocycles. The zero-order valence-electron chi connectivity index (χ0n) is 17.7. The summed E-state index contributed by atoms with van der Waals surface area (Å²) in [5, 5.41) is 45.0. The molecular formula is C22H34O6. The van der Waals surface area contributed by atoms with Crippen molar-refractivity contribution in [2.45, 2.75) is 84.4 Å². The van der Waals surface area contributed by atoms with Gasteiger partial charge in [0, 0.05) is 23.7 Å². The summed E-state index contributed by atoms with van der Waals surface area (Å²) in [4.78, 5) is 13.7. The highest BCUT2D eigenvalue weighted by atomic mass is 16.5. The molecule has 1 aliphatic heterocycles. The summed E-state index contributed by atoms with van der Waals surface area (Å²) in [6.45, 7) is 11.6. The third-order valence-corrected chi connectivity index (χ3v) is 9.31. The molecule has 6 nitrogen and oxygen atoms in total. The molecule has 0 aromatic carbocycles. The van der Waals surface area contributed by atoms with Crippen LogP contribution in [-0.2, 0) is 9.53 Å². The number of Topliss-reactive ketones (excluding diaryl/α,β-unsaturated/α-hetero) is 1. The first-order valence-electron chi connectivity index (χ1n) is 10.4. The molecule has 28 heavy (non-hydrogen) atoms. The maximum absolute atomic E-state index is 13.7. The number of carbonyl (C=O) groups is 1. The van der Waals surface area contributed by atoms with Crippen LogP contribution in [0.25, 0.3) is 0 Å². The summed E-state index contributed by atoms with van der Waals surface area (Å²) in [6.07, 6.45) is -3.04. The lowest BCUT2D eigenvalue weighted by atomic mass is 9.40. The first-order chi connectivity index (χ1) is 12.7. The quantitative estimate of drug-likeness (QED) is 0.460. The molecule has 2 bridgehead atoms. The summed E-state index contributed by atoms with van der Waals surface area (Å²) in [7, 11) is 0. The Morgan fingerprint density at radius 3 is 2.25 bits per heavy atom. The summed E-state index contributed by atoms with van der Waals surface area (Å²) in [5.41, 5.74) is -2.87. The average Bonchev–Trinajstić information content (AvgIpc) is 2.60. The molecule has 0 radical (unpaired) electrons. The minimum absolute atomic E-state index is 0.141. The van der Waals surface area contributed by atoms with Gasteiger partial charge in [-0.1, -0.05) is 27.7 Å². The van der Waals surface area contributed by atoms with Crippen LogP contribution in [0, 0.1) is 28.1 Å². The Hall–Kier alpha value is -0.790. The summed E-state index contributed by atoms with van der Waals surface area (Å²) < 4.78 is 5.74. The lowest BCUT2D eigenvalue weighted by molar-refractivity contribution is -0.302. The average molecular weight is 395 g/mol. The second-order valence-corrected chi connectivity index (χ2v) is 10.7. The monoisotopic (exact) mass is 394 g/mol. The second-order valence-electron chi connectivity index (χ2n) is 10.7. The van der Waals surface area contributed by atoms with Crippen molar-refractivity contribution in [1.82, 2.24) is 0 Å². The number of hydrogen-bond donors (Lipinski definition) is 4.